The zero-order chi connectivity index (χ0) is 15.5. The molecule has 2 unspecified atom stereocenters. The van der Waals surface area contributed by atoms with Crippen LogP contribution >= 0.6 is 0 Å². The molecule has 0 aromatic heterocycles. The summed E-state index contributed by atoms with van der Waals surface area (Å²) in [4.78, 5) is 26.3. The first-order valence-corrected chi connectivity index (χ1v) is 8.20. The summed E-state index contributed by atoms with van der Waals surface area (Å²) in [6.45, 7) is 8.24. The average Bonchev–Trinajstić information content (AvgIpc) is 2.66. The van der Waals surface area contributed by atoms with Crippen molar-refractivity contribution in [2.24, 2.45) is 5.41 Å². The topological polar surface area (TPSA) is 61.4 Å². The van der Waals surface area contributed by atoms with Crippen LogP contribution in [0.1, 0.15) is 52.9 Å². The Labute approximate surface area is 127 Å². The van der Waals surface area contributed by atoms with Gasteiger partial charge in [0.15, 0.2) is 0 Å². The molecule has 0 radical (unpaired) electrons. The van der Waals surface area contributed by atoms with Crippen molar-refractivity contribution in [3.63, 3.8) is 0 Å². The van der Waals surface area contributed by atoms with Gasteiger partial charge in [-0.15, -0.1) is 0 Å². The summed E-state index contributed by atoms with van der Waals surface area (Å²) in [7, 11) is 0. The average molecular weight is 295 g/mol. The van der Waals surface area contributed by atoms with E-state index in [-0.39, 0.29) is 17.2 Å². The molecule has 2 saturated heterocycles. The lowest BCUT2D eigenvalue weighted by Gasteiger charge is -2.28. The highest BCUT2D eigenvalue weighted by Gasteiger charge is 2.37. The molecular weight excluding hydrogens is 266 g/mol. The minimum atomic E-state index is -0.362. The second-order valence-electron chi connectivity index (χ2n) is 7.29. The minimum absolute atomic E-state index is 0.0500. The van der Waals surface area contributed by atoms with Crippen LogP contribution in [0.4, 0.5) is 0 Å². The van der Waals surface area contributed by atoms with Gasteiger partial charge in [-0.1, -0.05) is 20.8 Å². The van der Waals surface area contributed by atoms with E-state index in [0.29, 0.717) is 25.0 Å². The molecule has 0 spiro atoms. The molecule has 2 amide bonds. The van der Waals surface area contributed by atoms with Gasteiger partial charge in [-0.2, -0.15) is 0 Å². The number of carbonyl (C=O) groups excluding carboxylic acids is 2. The van der Waals surface area contributed by atoms with E-state index in [2.05, 4.69) is 15.5 Å². The lowest BCUT2D eigenvalue weighted by molar-refractivity contribution is -0.134. The summed E-state index contributed by atoms with van der Waals surface area (Å²) in [5.41, 5.74) is -0.362. The maximum Gasteiger partial charge on any atom is 0.225 e. The molecule has 2 atom stereocenters. The van der Waals surface area contributed by atoms with Crippen LogP contribution in [0.5, 0.6) is 0 Å². The van der Waals surface area contributed by atoms with Crippen LogP contribution in [0.25, 0.3) is 0 Å². The van der Waals surface area contributed by atoms with Crippen LogP contribution in [0.3, 0.4) is 0 Å². The van der Waals surface area contributed by atoms with Crippen molar-refractivity contribution < 1.29 is 9.59 Å². The Balaban J connectivity index is 1.74. The Bertz CT molecular complexity index is 375. The summed E-state index contributed by atoms with van der Waals surface area (Å²) in [6, 6.07) is 0.816. The Morgan fingerprint density at radius 3 is 2.62 bits per heavy atom. The van der Waals surface area contributed by atoms with E-state index in [1.165, 1.54) is 0 Å². The Morgan fingerprint density at radius 2 is 1.90 bits per heavy atom. The standard InChI is InChI=1S/C16H29N3O2/c1-16(2,3)15(21)18-9-4-5-14(20)19-12-6-7-13(19)11-17-10-8-12/h12-13,17H,4-11H2,1-3H3,(H,18,21). The summed E-state index contributed by atoms with van der Waals surface area (Å²) in [6.07, 6.45) is 4.62. The van der Waals surface area contributed by atoms with Crippen LogP contribution in [-0.4, -0.2) is 48.4 Å². The van der Waals surface area contributed by atoms with Gasteiger partial charge in [0.05, 0.1) is 0 Å². The van der Waals surface area contributed by atoms with Crippen LogP contribution in [-0.2, 0) is 9.59 Å². The molecule has 0 saturated carbocycles. The second kappa shape index (κ2) is 6.77. The first kappa shape index (κ1) is 16.3. The molecule has 2 heterocycles. The van der Waals surface area contributed by atoms with E-state index < -0.39 is 0 Å². The van der Waals surface area contributed by atoms with Crippen molar-refractivity contribution in [2.45, 2.75) is 65.0 Å². The van der Waals surface area contributed by atoms with Crippen LogP contribution in [0.2, 0.25) is 0 Å². The van der Waals surface area contributed by atoms with Gasteiger partial charge in [-0.3, -0.25) is 9.59 Å². The number of hydrogen-bond donors (Lipinski definition) is 2. The van der Waals surface area contributed by atoms with Crippen molar-refractivity contribution >= 4 is 11.8 Å². The quantitative estimate of drug-likeness (QED) is 0.768. The normalized spacial score (nSPS) is 25.6. The van der Waals surface area contributed by atoms with Crippen LogP contribution in [0, 0.1) is 5.41 Å². The second-order valence-corrected chi connectivity index (χ2v) is 7.29. The van der Waals surface area contributed by atoms with Crippen molar-refractivity contribution in [1.29, 1.82) is 0 Å². The van der Waals surface area contributed by atoms with Crippen molar-refractivity contribution in [2.75, 3.05) is 19.6 Å². The lowest BCUT2D eigenvalue weighted by atomic mass is 9.96. The molecular formula is C16H29N3O2. The number of carbonyl (C=O) groups is 2. The number of fused-ring (bicyclic) bond motifs is 2. The third-order valence-electron chi connectivity index (χ3n) is 4.48. The van der Waals surface area contributed by atoms with E-state index >= 15 is 0 Å². The smallest absolute Gasteiger partial charge is 0.225 e. The molecule has 2 fully saturated rings. The van der Waals surface area contributed by atoms with Gasteiger partial charge in [-0.05, 0) is 32.2 Å². The van der Waals surface area contributed by atoms with E-state index in [0.717, 1.165) is 38.8 Å². The molecule has 2 rings (SSSR count). The summed E-state index contributed by atoms with van der Waals surface area (Å²) < 4.78 is 0. The summed E-state index contributed by atoms with van der Waals surface area (Å²) in [5, 5.41) is 6.32. The van der Waals surface area contributed by atoms with E-state index in [1.807, 2.05) is 20.8 Å². The summed E-state index contributed by atoms with van der Waals surface area (Å²) >= 11 is 0. The van der Waals surface area contributed by atoms with Crippen LogP contribution < -0.4 is 10.6 Å². The maximum absolute atomic E-state index is 12.4. The van der Waals surface area contributed by atoms with Gasteiger partial charge in [0.1, 0.15) is 0 Å². The van der Waals surface area contributed by atoms with E-state index in [1.54, 1.807) is 0 Å². The highest BCUT2D eigenvalue weighted by atomic mass is 16.2. The SMILES string of the molecule is CC(C)(C)C(=O)NCCCC(=O)N1C2CCNCC1CC2. The first-order valence-electron chi connectivity index (χ1n) is 8.20. The Hall–Kier alpha value is -1.10. The van der Waals surface area contributed by atoms with Crippen molar-refractivity contribution in [1.82, 2.24) is 15.5 Å². The van der Waals surface area contributed by atoms with Crippen molar-refractivity contribution in [3.05, 3.63) is 0 Å². The minimum Gasteiger partial charge on any atom is -0.356 e. The van der Waals surface area contributed by atoms with Gasteiger partial charge < -0.3 is 15.5 Å². The predicted octanol–water partition coefficient (Wildman–Crippen LogP) is 1.28. The van der Waals surface area contributed by atoms with Crippen LogP contribution in [0.15, 0.2) is 0 Å². The van der Waals surface area contributed by atoms with Gasteiger partial charge in [0.25, 0.3) is 0 Å². The number of rotatable bonds is 4. The monoisotopic (exact) mass is 295 g/mol. The number of amides is 2. The molecule has 0 aliphatic carbocycles. The molecule has 120 valence electrons. The fraction of sp³-hybridized carbons (Fsp3) is 0.875. The molecule has 2 bridgehead atoms. The molecule has 2 aliphatic rings. The summed E-state index contributed by atoms with van der Waals surface area (Å²) in [5.74, 6) is 0.310. The number of hydrogen-bond acceptors (Lipinski definition) is 3. The van der Waals surface area contributed by atoms with Crippen molar-refractivity contribution in [3.8, 4) is 0 Å². The zero-order valence-electron chi connectivity index (χ0n) is 13.6. The van der Waals surface area contributed by atoms with E-state index in [4.69, 9.17) is 0 Å². The van der Waals surface area contributed by atoms with Gasteiger partial charge in [-0.25, -0.2) is 0 Å². The Morgan fingerprint density at radius 1 is 1.19 bits per heavy atom. The Kier molecular flexibility index (Phi) is 5.25. The third-order valence-corrected chi connectivity index (χ3v) is 4.48. The third kappa shape index (κ3) is 4.19. The largest absolute Gasteiger partial charge is 0.356 e. The molecule has 2 N–H and O–H groups in total. The predicted molar refractivity (Wildman–Crippen MR) is 82.8 cm³/mol. The molecule has 0 aromatic rings. The molecule has 21 heavy (non-hydrogen) atoms. The highest BCUT2D eigenvalue weighted by Crippen LogP contribution is 2.28. The maximum atomic E-state index is 12.4. The lowest BCUT2D eigenvalue weighted by Crippen LogP contribution is -2.42. The fourth-order valence-corrected chi connectivity index (χ4v) is 3.23. The van der Waals surface area contributed by atoms with E-state index in [9.17, 15) is 9.59 Å². The molecule has 2 aliphatic heterocycles. The molecule has 0 aromatic carbocycles. The molecule has 5 heteroatoms. The van der Waals surface area contributed by atoms with Gasteiger partial charge in [0, 0.05) is 37.0 Å². The number of nitrogens with one attached hydrogen (secondary N) is 2. The highest BCUT2D eigenvalue weighted by molar-refractivity contribution is 5.81. The molecule has 5 nitrogen and oxygen atoms in total. The first-order chi connectivity index (χ1) is 9.89. The zero-order valence-corrected chi connectivity index (χ0v) is 13.6. The number of nitrogens with zero attached hydrogens (tertiary/aromatic N) is 1. The fourth-order valence-electron chi connectivity index (χ4n) is 3.23. The van der Waals surface area contributed by atoms with Gasteiger partial charge in [0.2, 0.25) is 11.8 Å². The van der Waals surface area contributed by atoms with Gasteiger partial charge >= 0.3 is 0 Å².